The minimum absolute atomic E-state index is 0.0665. The fraction of sp³-hybridized carbons (Fsp3) is 0.192. The first-order valence-corrected chi connectivity index (χ1v) is 12.7. The first-order valence-electron chi connectivity index (χ1n) is 10.7. The number of hydrogen-bond acceptors (Lipinski definition) is 5. The summed E-state index contributed by atoms with van der Waals surface area (Å²) in [5.41, 5.74) is 5.29. The molecule has 1 N–H and O–H groups in total. The normalized spacial score (nSPS) is 10.9. The molecule has 0 saturated heterocycles. The Balaban J connectivity index is 1.49. The van der Waals surface area contributed by atoms with Gasteiger partial charge in [-0.15, -0.1) is 22.0 Å². The summed E-state index contributed by atoms with van der Waals surface area (Å²) in [6.45, 7) is 6.13. The second kappa shape index (κ2) is 10.7. The maximum absolute atomic E-state index is 12.6. The summed E-state index contributed by atoms with van der Waals surface area (Å²) in [5.74, 6) is 1.72. The van der Waals surface area contributed by atoms with Crippen LogP contribution in [0.2, 0.25) is 0 Å². The van der Waals surface area contributed by atoms with Crippen LogP contribution >= 0.6 is 23.5 Å². The van der Waals surface area contributed by atoms with Crippen LogP contribution in [0.1, 0.15) is 22.5 Å². The second-order valence-corrected chi connectivity index (χ2v) is 9.88. The quantitative estimate of drug-likeness (QED) is 0.307. The molecule has 0 radical (unpaired) electrons. The largest absolute Gasteiger partial charge is 0.325 e. The zero-order chi connectivity index (χ0) is 23.2. The Bertz CT molecular complexity index is 1220. The predicted molar refractivity (Wildman–Crippen MR) is 137 cm³/mol. The molecule has 168 valence electrons. The van der Waals surface area contributed by atoms with Crippen LogP contribution in [0.25, 0.3) is 5.69 Å². The van der Waals surface area contributed by atoms with Crippen LogP contribution in [0.4, 0.5) is 5.69 Å². The van der Waals surface area contributed by atoms with Gasteiger partial charge in [0.15, 0.2) is 5.16 Å². The van der Waals surface area contributed by atoms with Crippen LogP contribution in [0.15, 0.2) is 82.8 Å². The summed E-state index contributed by atoms with van der Waals surface area (Å²) in [5, 5.41) is 12.6. The third-order valence-corrected chi connectivity index (χ3v) is 6.88. The summed E-state index contributed by atoms with van der Waals surface area (Å²) in [6, 6.07) is 24.5. The molecule has 3 aromatic carbocycles. The number of amides is 1. The third kappa shape index (κ3) is 6.27. The molecule has 4 aromatic rings. The van der Waals surface area contributed by atoms with Crippen molar-refractivity contribution in [3.05, 3.63) is 95.3 Å². The molecular weight excluding hydrogens is 448 g/mol. The highest BCUT2D eigenvalue weighted by atomic mass is 32.2. The zero-order valence-corrected chi connectivity index (χ0v) is 20.5. The van der Waals surface area contributed by atoms with Crippen molar-refractivity contribution in [3.8, 4) is 5.69 Å². The number of nitrogens with zero attached hydrogens (tertiary/aromatic N) is 3. The Labute approximate surface area is 203 Å². The van der Waals surface area contributed by atoms with Gasteiger partial charge in [0.05, 0.1) is 11.5 Å². The highest BCUT2D eigenvalue weighted by molar-refractivity contribution is 7.99. The van der Waals surface area contributed by atoms with Gasteiger partial charge in [0.1, 0.15) is 5.82 Å². The summed E-state index contributed by atoms with van der Waals surface area (Å²) >= 11 is 3.11. The third-order valence-electron chi connectivity index (χ3n) is 4.94. The molecule has 0 bridgehead atoms. The standard InChI is InChI=1S/C26H26N4OS2/c1-18-9-11-23(12-10-18)32-16-24-28-29-26(30(24)22-7-5-4-6-8-22)33-17-25(31)27-21-14-19(2)13-20(3)15-21/h4-15H,16-17H2,1-3H3,(H,27,31). The van der Waals surface area contributed by atoms with E-state index < -0.39 is 0 Å². The molecule has 7 heteroatoms. The molecule has 0 fully saturated rings. The number of nitrogens with one attached hydrogen (secondary N) is 1. The molecule has 0 spiro atoms. The van der Waals surface area contributed by atoms with Crippen molar-refractivity contribution in [2.45, 2.75) is 36.6 Å². The van der Waals surface area contributed by atoms with Crippen LogP contribution in [0, 0.1) is 20.8 Å². The molecule has 0 atom stereocenters. The first kappa shape index (κ1) is 23.1. The van der Waals surface area contributed by atoms with Crippen molar-refractivity contribution >= 4 is 35.1 Å². The highest BCUT2D eigenvalue weighted by Crippen LogP contribution is 2.27. The van der Waals surface area contributed by atoms with Gasteiger partial charge >= 0.3 is 0 Å². The first-order chi connectivity index (χ1) is 16.0. The molecule has 33 heavy (non-hydrogen) atoms. The van der Waals surface area contributed by atoms with Gasteiger partial charge in [-0.2, -0.15) is 0 Å². The Morgan fingerprint density at radius 2 is 1.55 bits per heavy atom. The number of anilines is 1. The minimum Gasteiger partial charge on any atom is -0.325 e. The van der Waals surface area contributed by atoms with E-state index in [0.717, 1.165) is 28.3 Å². The van der Waals surface area contributed by atoms with Crippen LogP contribution < -0.4 is 5.32 Å². The highest BCUT2D eigenvalue weighted by Gasteiger charge is 2.16. The van der Waals surface area contributed by atoms with Gasteiger partial charge in [0, 0.05) is 16.3 Å². The van der Waals surface area contributed by atoms with E-state index >= 15 is 0 Å². The lowest BCUT2D eigenvalue weighted by Gasteiger charge is -2.11. The average molecular weight is 475 g/mol. The fourth-order valence-electron chi connectivity index (χ4n) is 3.48. The smallest absolute Gasteiger partial charge is 0.234 e. The summed E-state index contributed by atoms with van der Waals surface area (Å²) in [4.78, 5) is 13.8. The van der Waals surface area contributed by atoms with Crippen molar-refractivity contribution in [2.24, 2.45) is 0 Å². The molecular formula is C26H26N4OS2. The maximum Gasteiger partial charge on any atom is 0.234 e. The lowest BCUT2D eigenvalue weighted by atomic mass is 10.1. The molecule has 4 rings (SSSR count). The van der Waals surface area contributed by atoms with Gasteiger partial charge in [-0.05, 0) is 68.3 Å². The van der Waals surface area contributed by atoms with E-state index in [0.29, 0.717) is 10.9 Å². The number of aryl methyl sites for hydroxylation is 3. The Morgan fingerprint density at radius 3 is 2.24 bits per heavy atom. The Hall–Kier alpha value is -3.03. The van der Waals surface area contributed by atoms with E-state index in [1.54, 1.807) is 11.8 Å². The van der Waals surface area contributed by atoms with E-state index in [4.69, 9.17) is 0 Å². The molecule has 1 aromatic heterocycles. The molecule has 0 unspecified atom stereocenters. The van der Waals surface area contributed by atoms with Gasteiger partial charge < -0.3 is 5.32 Å². The molecule has 0 aliphatic rings. The summed E-state index contributed by atoms with van der Waals surface area (Å²) in [6.07, 6.45) is 0. The Kier molecular flexibility index (Phi) is 7.52. The molecule has 5 nitrogen and oxygen atoms in total. The van der Waals surface area contributed by atoms with Gasteiger partial charge in [-0.3, -0.25) is 9.36 Å². The number of aromatic nitrogens is 3. The number of rotatable bonds is 8. The van der Waals surface area contributed by atoms with Crippen LogP contribution in [0.5, 0.6) is 0 Å². The van der Waals surface area contributed by atoms with Crippen LogP contribution in [0.3, 0.4) is 0 Å². The lowest BCUT2D eigenvalue weighted by Crippen LogP contribution is -2.15. The van der Waals surface area contributed by atoms with Crippen molar-refractivity contribution in [2.75, 3.05) is 11.1 Å². The topological polar surface area (TPSA) is 59.8 Å². The lowest BCUT2D eigenvalue weighted by molar-refractivity contribution is -0.113. The van der Waals surface area contributed by atoms with Crippen molar-refractivity contribution < 1.29 is 4.79 Å². The van der Waals surface area contributed by atoms with Crippen LogP contribution in [-0.4, -0.2) is 26.4 Å². The number of hydrogen-bond donors (Lipinski definition) is 1. The van der Waals surface area contributed by atoms with E-state index in [2.05, 4.69) is 52.8 Å². The van der Waals surface area contributed by atoms with E-state index in [9.17, 15) is 4.79 Å². The van der Waals surface area contributed by atoms with Gasteiger partial charge in [-0.25, -0.2) is 0 Å². The number of benzene rings is 3. The monoisotopic (exact) mass is 474 g/mol. The van der Waals surface area contributed by atoms with Crippen molar-refractivity contribution in [3.63, 3.8) is 0 Å². The van der Waals surface area contributed by atoms with E-state index in [-0.39, 0.29) is 11.7 Å². The molecule has 0 aliphatic heterocycles. The van der Waals surface area contributed by atoms with Crippen molar-refractivity contribution in [1.29, 1.82) is 0 Å². The number of carbonyl (C=O) groups is 1. The predicted octanol–water partition coefficient (Wildman–Crippen LogP) is 6.22. The fourth-order valence-corrected chi connectivity index (χ4v) is 5.06. The van der Waals surface area contributed by atoms with Crippen molar-refractivity contribution in [1.82, 2.24) is 14.8 Å². The molecule has 1 amide bonds. The van der Waals surface area contributed by atoms with Gasteiger partial charge in [0.25, 0.3) is 0 Å². The number of para-hydroxylation sites is 1. The SMILES string of the molecule is Cc1ccc(SCc2nnc(SCC(=O)Nc3cc(C)cc(C)c3)n2-c2ccccc2)cc1. The molecule has 0 aliphatic carbocycles. The van der Waals surface area contributed by atoms with E-state index in [1.807, 2.05) is 60.9 Å². The van der Waals surface area contributed by atoms with Gasteiger partial charge in [-0.1, -0.05) is 53.7 Å². The summed E-state index contributed by atoms with van der Waals surface area (Å²) in [7, 11) is 0. The Morgan fingerprint density at radius 1 is 0.848 bits per heavy atom. The summed E-state index contributed by atoms with van der Waals surface area (Å²) < 4.78 is 2.04. The average Bonchev–Trinajstić information content (AvgIpc) is 3.20. The number of thioether (sulfide) groups is 2. The van der Waals surface area contributed by atoms with Crippen LogP contribution in [-0.2, 0) is 10.5 Å². The number of carbonyl (C=O) groups excluding carboxylic acids is 1. The molecule has 0 saturated carbocycles. The maximum atomic E-state index is 12.6. The zero-order valence-electron chi connectivity index (χ0n) is 18.9. The molecule has 1 heterocycles. The minimum atomic E-state index is -0.0665. The van der Waals surface area contributed by atoms with E-state index in [1.165, 1.54) is 22.2 Å². The second-order valence-electron chi connectivity index (χ2n) is 7.88. The van der Waals surface area contributed by atoms with Gasteiger partial charge in [0.2, 0.25) is 5.91 Å².